The molecule has 1 aromatic heterocycles. The second-order valence-corrected chi connectivity index (χ2v) is 5.24. The molecule has 1 amide bonds. The Morgan fingerprint density at radius 1 is 1.17 bits per heavy atom. The van der Waals surface area contributed by atoms with Gasteiger partial charge in [0, 0.05) is 24.8 Å². The van der Waals surface area contributed by atoms with Gasteiger partial charge in [-0.15, -0.1) is 0 Å². The second-order valence-electron chi connectivity index (χ2n) is 5.24. The monoisotopic (exact) mass is 316 g/mol. The predicted molar refractivity (Wildman–Crippen MR) is 86.1 cm³/mol. The lowest BCUT2D eigenvalue weighted by Gasteiger charge is -2.26. The highest BCUT2D eigenvalue weighted by Gasteiger charge is 2.21. The van der Waals surface area contributed by atoms with Crippen LogP contribution in [0.15, 0.2) is 30.5 Å². The van der Waals surface area contributed by atoms with E-state index in [2.05, 4.69) is 4.98 Å². The third kappa shape index (κ3) is 3.03. The first kappa shape index (κ1) is 15.4. The van der Waals surface area contributed by atoms with E-state index >= 15 is 0 Å². The number of ether oxygens (including phenoxy) is 3. The number of methoxy groups -OCH3 is 2. The van der Waals surface area contributed by atoms with Gasteiger partial charge in [0.2, 0.25) is 0 Å². The number of benzene rings is 1. The summed E-state index contributed by atoms with van der Waals surface area (Å²) in [6, 6.07) is 7.44. The van der Waals surface area contributed by atoms with Gasteiger partial charge in [0.05, 0.1) is 33.0 Å². The first-order chi connectivity index (χ1) is 11.2. The van der Waals surface area contributed by atoms with Crippen molar-refractivity contribution in [3.8, 4) is 22.6 Å². The molecule has 1 saturated heterocycles. The van der Waals surface area contributed by atoms with Crippen LogP contribution in [0.25, 0.3) is 11.1 Å². The molecule has 0 unspecified atom stereocenters. The van der Waals surface area contributed by atoms with Gasteiger partial charge in [-0.2, -0.15) is 0 Å². The lowest BCUT2D eigenvalue weighted by atomic mass is 10.1. The van der Waals surface area contributed by atoms with Crippen molar-refractivity contribution in [1.82, 2.24) is 9.88 Å². The van der Waals surface area contributed by atoms with Gasteiger partial charge in [-0.1, -0.05) is 6.07 Å². The number of rotatable bonds is 4. The van der Waals surface area contributed by atoms with Crippen molar-refractivity contribution in [3.05, 3.63) is 36.2 Å². The smallest absolute Gasteiger partial charge is 0.270 e. The maximum atomic E-state index is 12.5. The molecular formula is C17H20N2O4. The standard InChI is InChI=1S/C17H20N2O4/c1-21-14-4-3-5-15(22-2)16(14)12-10-13(18-11-12)17(20)19-6-8-23-9-7-19/h3-5,10-11,18H,6-9H2,1-2H3. The van der Waals surface area contributed by atoms with Crippen LogP contribution in [0.5, 0.6) is 11.5 Å². The number of amides is 1. The van der Waals surface area contributed by atoms with Crippen LogP contribution < -0.4 is 9.47 Å². The van der Waals surface area contributed by atoms with Gasteiger partial charge in [-0.3, -0.25) is 4.79 Å². The summed E-state index contributed by atoms with van der Waals surface area (Å²) in [5, 5.41) is 0. The molecule has 2 aromatic rings. The number of hydrogen-bond acceptors (Lipinski definition) is 4. The number of carbonyl (C=O) groups is 1. The van der Waals surface area contributed by atoms with Crippen LogP contribution in [0.2, 0.25) is 0 Å². The van der Waals surface area contributed by atoms with Crippen molar-refractivity contribution in [1.29, 1.82) is 0 Å². The molecule has 0 spiro atoms. The number of hydrogen-bond donors (Lipinski definition) is 1. The van der Waals surface area contributed by atoms with Crippen LogP contribution in [0.3, 0.4) is 0 Å². The molecule has 23 heavy (non-hydrogen) atoms. The predicted octanol–water partition coefficient (Wildman–Crippen LogP) is 2.17. The SMILES string of the molecule is COc1cccc(OC)c1-c1c[nH]c(C(=O)N2CCOCC2)c1. The van der Waals surface area contributed by atoms with Crippen LogP contribution in [0.4, 0.5) is 0 Å². The first-order valence-corrected chi connectivity index (χ1v) is 7.51. The van der Waals surface area contributed by atoms with Gasteiger partial charge in [-0.25, -0.2) is 0 Å². The fraction of sp³-hybridized carbons (Fsp3) is 0.353. The zero-order valence-electron chi connectivity index (χ0n) is 13.3. The van der Waals surface area contributed by atoms with Crippen molar-refractivity contribution in [2.75, 3.05) is 40.5 Å². The van der Waals surface area contributed by atoms with Crippen LogP contribution in [-0.4, -0.2) is 56.3 Å². The molecule has 1 aliphatic heterocycles. The third-order valence-electron chi connectivity index (χ3n) is 3.93. The van der Waals surface area contributed by atoms with Crippen LogP contribution in [-0.2, 0) is 4.74 Å². The van der Waals surface area contributed by atoms with Gasteiger partial charge < -0.3 is 24.1 Å². The minimum absolute atomic E-state index is 0.0200. The normalized spacial score (nSPS) is 14.6. The molecule has 0 saturated carbocycles. The Morgan fingerprint density at radius 2 is 1.83 bits per heavy atom. The van der Waals surface area contributed by atoms with Gasteiger partial charge in [0.15, 0.2) is 0 Å². The zero-order chi connectivity index (χ0) is 16.2. The Balaban J connectivity index is 1.91. The number of carbonyl (C=O) groups excluding carboxylic acids is 1. The Labute approximate surface area is 135 Å². The number of nitrogens with one attached hydrogen (secondary N) is 1. The Bertz CT molecular complexity index is 667. The lowest BCUT2D eigenvalue weighted by Crippen LogP contribution is -2.40. The summed E-state index contributed by atoms with van der Waals surface area (Å²) in [5.74, 6) is 1.39. The van der Waals surface area contributed by atoms with Crippen molar-refractivity contribution >= 4 is 5.91 Å². The second kappa shape index (κ2) is 6.75. The highest BCUT2D eigenvalue weighted by atomic mass is 16.5. The first-order valence-electron chi connectivity index (χ1n) is 7.51. The Kier molecular flexibility index (Phi) is 4.52. The lowest BCUT2D eigenvalue weighted by molar-refractivity contribution is 0.0299. The molecule has 3 rings (SSSR count). The van der Waals surface area contributed by atoms with E-state index in [4.69, 9.17) is 14.2 Å². The number of aromatic nitrogens is 1. The van der Waals surface area contributed by atoms with E-state index in [0.29, 0.717) is 43.5 Å². The highest BCUT2D eigenvalue weighted by Crippen LogP contribution is 2.38. The summed E-state index contributed by atoms with van der Waals surface area (Å²) >= 11 is 0. The molecule has 0 atom stereocenters. The van der Waals surface area contributed by atoms with Crippen molar-refractivity contribution in [2.45, 2.75) is 0 Å². The molecule has 0 bridgehead atoms. The number of nitrogens with zero attached hydrogens (tertiary/aromatic N) is 1. The minimum atomic E-state index is -0.0200. The summed E-state index contributed by atoms with van der Waals surface area (Å²) in [4.78, 5) is 17.4. The van der Waals surface area contributed by atoms with Crippen LogP contribution in [0.1, 0.15) is 10.5 Å². The molecule has 1 N–H and O–H groups in total. The van der Waals surface area contributed by atoms with Crippen molar-refractivity contribution in [3.63, 3.8) is 0 Å². The third-order valence-corrected chi connectivity index (χ3v) is 3.93. The van der Waals surface area contributed by atoms with E-state index in [1.165, 1.54) is 0 Å². The molecule has 2 heterocycles. The Morgan fingerprint density at radius 3 is 2.43 bits per heavy atom. The van der Waals surface area contributed by atoms with Crippen molar-refractivity contribution in [2.24, 2.45) is 0 Å². The van der Waals surface area contributed by atoms with E-state index in [1.807, 2.05) is 24.3 Å². The van der Waals surface area contributed by atoms with E-state index in [-0.39, 0.29) is 5.91 Å². The summed E-state index contributed by atoms with van der Waals surface area (Å²) < 4.78 is 16.1. The van der Waals surface area contributed by atoms with Gasteiger partial charge >= 0.3 is 0 Å². The quantitative estimate of drug-likeness (QED) is 0.939. The molecule has 122 valence electrons. The van der Waals surface area contributed by atoms with Crippen LogP contribution in [0, 0.1) is 0 Å². The van der Waals surface area contributed by atoms with Gasteiger partial charge in [0.25, 0.3) is 5.91 Å². The maximum absolute atomic E-state index is 12.5. The number of morpholine rings is 1. The molecule has 0 radical (unpaired) electrons. The minimum Gasteiger partial charge on any atom is -0.496 e. The fourth-order valence-electron chi connectivity index (χ4n) is 2.73. The molecular weight excluding hydrogens is 296 g/mol. The summed E-state index contributed by atoms with van der Waals surface area (Å²) in [7, 11) is 3.23. The number of aromatic amines is 1. The fourth-order valence-corrected chi connectivity index (χ4v) is 2.73. The molecule has 1 aromatic carbocycles. The summed E-state index contributed by atoms with van der Waals surface area (Å²) in [6.45, 7) is 2.40. The molecule has 0 aliphatic carbocycles. The highest BCUT2D eigenvalue weighted by molar-refractivity contribution is 5.94. The van der Waals surface area contributed by atoms with Gasteiger partial charge in [-0.05, 0) is 18.2 Å². The summed E-state index contributed by atoms with van der Waals surface area (Å²) in [5.41, 5.74) is 2.24. The Hall–Kier alpha value is -2.47. The summed E-state index contributed by atoms with van der Waals surface area (Å²) in [6.07, 6.45) is 1.80. The number of H-pyrrole nitrogens is 1. The van der Waals surface area contributed by atoms with Crippen LogP contribution >= 0.6 is 0 Å². The topological polar surface area (TPSA) is 63.8 Å². The van der Waals surface area contributed by atoms with E-state index in [9.17, 15) is 4.79 Å². The van der Waals surface area contributed by atoms with Crippen molar-refractivity contribution < 1.29 is 19.0 Å². The molecule has 1 aliphatic rings. The largest absolute Gasteiger partial charge is 0.496 e. The van der Waals surface area contributed by atoms with Gasteiger partial charge in [0.1, 0.15) is 17.2 Å². The average Bonchev–Trinajstić information content (AvgIpc) is 3.10. The van der Waals surface area contributed by atoms with E-state index in [1.54, 1.807) is 25.3 Å². The maximum Gasteiger partial charge on any atom is 0.270 e. The molecule has 6 nitrogen and oxygen atoms in total. The molecule has 1 fully saturated rings. The zero-order valence-corrected chi connectivity index (χ0v) is 13.3. The van der Waals surface area contributed by atoms with E-state index in [0.717, 1.165) is 11.1 Å². The van der Waals surface area contributed by atoms with E-state index < -0.39 is 0 Å². The average molecular weight is 316 g/mol. The molecule has 6 heteroatoms.